The largest absolute Gasteiger partial charge is 0.480 e. The number of ether oxygens (including phenoxy) is 1. The first kappa shape index (κ1) is 15.4. The molecule has 110 valence electrons. The van der Waals surface area contributed by atoms with Crippen LogP contribution < -0.4 is 10.1 Å². The van der Waals surface area contributed by atoms with Crippen molar-refractivity contribution in [3.8, 4) is 5.75 Å². The lowest BCUT2D eigenvalue weighted by Gasteiger charge is -2.18. The van der Waals surface area contributed by atoms with E-state index in [1.54, 1.807) is 24.3 Å². The van der Waals surface area contributed by atoms with Gasteiger partial charge in [0.05, 0.1) is 0 Å². The van der Waals surface area contributed by atoms with Gasteiger partial charge in [-0.1, -0.05) is 36.7 Å². The average molecular weight is 304 g/mol. The summed E-state index contributed by atoms with van der Waals surface area (Å²) in [5.41, 5.74) is 1.71. The van der Waals surface area contributed by atoms with E-state index in [1.165, 1.54) is 0 Å². The Hall–Kier alpha value is -2.00. The zero-order chi connectivity index (χ0) is 15.2. The zero-order valence-electron chi connectivity index (χ0n) is 12.1. The number of para-hydroxylation sites is 1. The molecule has 2 aromatic rings. The van der Waals surface area contributed by atoms with Crippen molar-refractivity contribution in [3.63, 3.8) is 0 Å². The maximum absolute atomic E-state index is 12.3. The molecule has 1 amide bonds. The number of halogens is 1. The van der Waals surface area contributed by atoms with E-state index in [0.29, 0.717) is 17.1 Å². The first-order chi connectivity index (χ1) is 10.1. The molecule has 0 heterocycles. The standard InChI is InChI=1S/C17H18ClNO2/c1-3-15(21-16-7-5-4-6-12(16)2)17(20)19-14-10-8-13(18)9-11-14/h4-11,15H,3H2,1-2H3,(H,19,20). The van der Waals surface area contributed by atoms with E-state index < -0.39 is 6.10 Å². The number of hydrogen-bond acceptors (Lipinski definition) is 2. The lowest BCUT2D eigenvalue weighted by Crippen LogP contribution is -2.32. The molecule has 4 heteroatoms. The molecule has 0 aliphatic carbocycles. The number of nitrogens with one attached hydrogen (secondary N) is 1. The van der Waals surface area contributed by atoms with E-state index in [-0.39, 0.29) is 5.91 Å². The lowest BCUT2D eigenvalue weighted by atomic mass is 10.2. The number of anilines is 1. The highest BCUT2D eigenvalue weighted by Gasteiger charge is 2.19. The molecule has 0 fully saturated rings. The van der Waals surface area contributed by atoms with Gasteiger partial charge in [-0.3, -0.25) is 4.79 Å². The van der Waals surface area contributed by atoms with E-state index >= 15 is 0 Å². The van der Waals surface area contributed by atoms with Gasteiger partial charge in [0.15, 0.2) is 6.10 Å². The minimum Gasteiger partial charge on any atom is -0.480 e. The van der Waals surface area contributed by atoms with Crippen molar-refractivity contribution in [2.45, 2.75) is 26.4 Å². The molecule has 0 spiro atoms. The van der Waals surface area contributed by atoms with E-state index in [4.69, 9.17) is 16.3 Å². The number of carbonyl (C=O) groups excluding carboxylic acids is 1. The Bertz CT molecular complexity index is 610. The third kappa shape index (κ3) is 4.23. The van der Waals surface area contributed by atoms with Crippen molar-refractivity contribution in [2.75, 3.05) is 5.32 Å². The molecule has 0 aliphatic heterocycles. The highest BCUT2D eigenvalue weighted by molar-refractivity contribution is 6.30. The van der Waals surface area contributed by atoms with Crippen molar-refractivity contribution in [1.29, 1.82) is 0 Å². The molecule has 3 nitrogen and oxygen atoms in total. The number of benzene rings is 2. The molecular weight excluding hydrogens is 286 g/mol. The molecule has 0 saturated heterocycles. The minimum absolute atomic E-state index is 0.164. The predicted octanol–water partition coefficient (Wildman–Crippen LogP) is 4.44. The quantitative estimate of drug-likeness (QED) is 0.886. The lowest BCUT2D eigenvalue weighted by molar-refractivity contribution is -0.122. The fourth-order valence-corrected chi connectivity index (χ4v) is 2.05. The van der Waals surface area contributed by atoms with Crippen molar-refractivity contribution >= 4 is 23.2 Å². The third-order valence-corrected chi connectivity index (χ3v) is 3.39. The van der Waals surface area contributed by atoms with Gasteiger partial charge in [0.2, 0.25) is 0 Å². The fourth-order valence-electron chi connectivity index (χ4n) is 1.92. The molecule has 0 saturated carbocycles. The van der Waals surface area contributed by atoms with E-state index in [9.17, 15) is 4.79 Å². The monoisotopic (exact) mass is 303 g/mol. The Morgan fingerprint density at radius 1 is 1.19 bits per heavy atom. The molecule has 1 unspecified atom stereocenters. The summed E-state index contributed by atoms with van der Waals surface area (Å²) in [6.45, 7) is 3.88. The Balaban J connectivity index is 2.05. The first-order valence-corrected chi connectivity index (χ1v) is 7.26. The van der Waals surface area contributed by atoms with Crippen LogP contribution in [-0.4, -0.2) is 12.0 Å². The van der Waals surface area contributed by atoms with E-state index in [1.807, 2.05) is 38.1 Å². The summed E-state index contributed by atoms with van der Waals surface area (Å²) in [5.74, 6) is 0.568. The molecule has 0 aromatic heterocycles. The number of hydrogen-bond donors (Lipinski definition) is 1. The zero-order valence-corrected chi connectivity index (χ0v) is 12.9. The summed E-state index contributed by atoms with van der Waals surface area (Å²) in [6, 6.07) is 14.7. The van der Waals surface area contributed by atoms with Gasteiger partial charge in [0.25, 0.3) is 5.91 Å². The van der Waals surface area contributed by atoms with Crippen LogP contribution in [0.15, 0.2) is 48.5 Å². The van der Waals surface area contributed by atoms with Crippen LogP contribution in [0.5, 0.6) is 5.75 Å². The Morgan fingerprint density at radius 2 is 1.86 bits per heavy atom. The van der Waals surface area contributed by atoms with Gasteiger partial charge in [-0.15, -0.1) is 0 Å². The average Bonchev–Trinajstić information content (AvgIpc) is 2.48. The smallest absolute Gasteiger partial charge is 0.265 e. The first-order valence-electron chi connectivity index (χ1n) is 6.89. The highest BCUT2D eigenvalue weighted by Crippen LogP contribution is 2.20. The molecule has 1 atom stereocenters. The summed E-state index contributed by atoms with van der Waals surface area (Å²) in [4.78, 5) is 12.3. The molecular formula is C17H18ClNO2. The van der Waals surface area contributed by atoms with Crippen LogP contribution in [0.4, 0.5) is 5.69 Å². The van der Waals surface area contributed by atoms with Gasteiger partial charge in [0, 0.05) is 10.7 Å². The summed E-state index contributed by atoms with van der Waals surface area (Å²) in [5, 5.41) is 3.47. The van der Waals surface area contributed by atoms with Crippen molar-refractivity contribution in [2.24, 2.45) is 0 Å². The maximum Gasteiger partial charge on any atom is 0.265 e. The van der Waals surface area contributed by atoms with Crippen LogP contribution >= 0.6 is 11.6 Å². The summed E-state index contributed by atoms with van der Waals surface area (Å²) >= 11 is 5.83. The highest BCUT2D eigenvalue weighted by atomic mass is 35.5. The number of amides is 1. The number of aryl methyl sites for hydroxylation is 1. The predicted molar refractivity (Wildman–Crippen MR) is 86.0 cm³/mol. The molecule has 2 rings (SSSR count). The Morgan fingerprint density at radius 3 is 2.48 bits per heavy atom. The fraction of sp³-hybridized carbons (Fsp3) is 0.235. The Kier molecular flexibility index (Phi) is 5.23. The van der Waals surface area contributed by atoms with Gasteiger partial charge in [-0.25, -0.2) is 0 Å². The summed E-state index contributed by atoms with van der Waals surface area (Å²) in [6.07, 6.45) is 0.0649. The number of carbonyl (C=O) groups is 1. The second-order valence-corrected chi connectivity index (χ2v) is 5.21. The normalized spacial score (nSPS) is 11.8. The van der Waals surface area contributed by atoms with Gasteiger partial charge in [-0.05, 0) is 49.2 Å². The van der Waals surface area contributed by atoms with Gasteiger partial charge in [-0.2, -0.15) is 0 Å². The topological polar surface area (TPSA) is 38.3 Å². The third-order valence-electron chi connectivity index (χ3n) is 3.14. The Labute approximate surface area is 129 Å². The van der Waals surface area contributed by atoms with Crippen LogP contribution in [0.1, 0.15) is 18.9 Å². The minimum atomic E-state index is -0.526. The van der Waals surface area contributed by atoms with Crippen LogP contribution in [0.25, 0.3) is 0 Å². The van der Waals surface area contributed by atoms with Gasteiger partial charge < -0.3 is 10.1 Å². The SMILES string of the molecule is CCC(Oc1ccccc1C)C(=O)Nc1ccc(Cl)cc1. The van der Waals surface area contributed by atoms with Crippen LogP contribution in [0.3, 0.4) is 0 Å². The second kappa shape index (κ2) is 7.14. The molecule has 0 bridgehead atoms. The van der Waals surface area contributed by atoms with Crippen LogP contribution in [0.2, 0.25) is 5.02 Å². The number of rotatable bonds is 5. The molecule has 21 heavy (non-hydrogen) atoms. The summed E-state index contributed by atoms with van der Waals surface area (Å²) < 4.78 is 5.81. The van der Waals surface area contributed by atoms with Crippen LogP contribution in [0, 0.1) is 6.92 Å². The van der Waals surface area contributed by atoms with E-state index in [0.717, 1.165) is 11.3 Å². The van der Waals surface area contributed by atoms with Gasteiger partial charge in [0.1, 0.15) is 5.75 Å². The van der Waals surface area contributed by atoms with Crippen molar-refractivity contribution < 1.29 is 9.53 Å². The molecule has 0 aliphatic rings. The van der Waals surface area contributed by atoms with E-state index in [2.05, 4.69) is 5.32 Å². The van der Waals surface area contributed by atoms with Crippen molar-refractivity contribution in [1.82, 2.24) is 0 Å². The maximum atomic E-state index is 12.3. The summed E-state index contributed by atoms with van der Waals surface area (Å²) in [7, 11) is 0. The van der Waals surface area contributed by atoms with Gasteiger partial charge >= 0.3 is 0 Å². The molecule has 1 N–H and O–H groups in total. The van der Waals surface area contributed by atoms with Crippen LogP contribution in [-0.2, 0) is 4.79 Å². The molecule has 0 radical (unpaired) electrons. The second-order valence-electron chi connectivity index (χ2n) is 4.78. The molecule has 2 aromatic carbocycles. The van der Waals surface area contributed by atoms with Crippen molar-refractivity contribution in [3.05, 3.63) is 59.1 Å².